The molecule has 0 aliphatic carbocycles. The third-order valence-corrected chi connectivity index (χ3v) is 8.03. The Morgan fingerprint density at radius 3 is 2.60 bits per heavy atom. The SMILES string of the molecule is COC(=O)C1=C(CC(C(=O)O)C(O)(CC(=O)OC(=O)C2COCCN2)C(=O)O)N=C(c2nccs2)N[C@H]1c1ccc(F)cc1Cl. The van der Waals surface area contributed by atoms with Gasteiger partial charge in [-0.25, -0.2) is 28.8 Å². The highest BCUT2D eigenvalue weighted by Crippen LogP contribution is 2.39. The maximum absolute atomic E-state index is 13.9. The lowest BCUT2D eigenvalue weighted by Gasteiger charge is -2.32. The third kappa shape index (κ3) is 7.51. The summed E-state index contributed by atoms with van der Waals surface area (Å²) in [7, 11) is 1.03. The summed E-state index contributed by atoms with van der Waals surface area (Å²) in [5.41, 5.74) is -3.93. The van der Waals surface area contributed by atoms with Crippen LogP contribution in [-0.4, -0.2) is 94.5 Å². The maximum Gasteiger partial charge on any atom is 0.338 e. The standard InChI is InChI=1S/C27H26ClFN4O11S/c1-42-25(38)19-16(32-21(22-31-5-7-45-22)33-20(19)13-3-2-12(29)8-15(13)28)9-14(23(35)36)27(41,26(39)40)10-18(34)44-24(37)17-11-43-6-4-30-17/h2-3,5,7-8,14,17,20,30,41H,4,6,9-11H2,1H3,(H,32,33)(H,35,36)(H,39,40)/t14?,17?,20-,27?/m0/s1. The predicted molar refractivity (Wildman–Crippen MR) is 152 cm³/mol. The summed E-state index contributed by atoms with van der Waals surface area (Å²) in [6.07, 6.45) is -0.976. The number of aliphatic imine (C=N–C) groups is 1. The van der Waals surface area contributed by atoms with Crippen LogP contribution in [0.2, 0.25) is 5.02 Å². The van der Waals surface area contributed by atoms with Gasteiger partial charge in [0.25, 0.3) is 0 Å². The van der Waals surface area contributed by atoms with Gasteiger partial charge in [-0.1, -0.05) is 17.7 Å². The summed E-state index contributed by atoms with van der Waals surface area (Å²) >= 11 is 7.42. The first-order valence-electron chi connectivity index (χ1n) is 13.1. The van der Waals surface area contributed by atoms with Crippen LogP contribution in [0.25, 0.3) is 0 Å². The van der Waals surface area contributed by atoms with E-state index in [9.17, 15) is 43.7 Å². The topological polar surface area (TPSA) is 223 Å². The summed E-state index contributed by atoms with van der Waals surface area (Å²) in [5, 5.41) is 38.8. The zero-order valence-electron chi connectivity index (χ0n) is 23.3. The summed E-state index contributed by atoms with van der Waals surface area (Å²) in [6, 6.07) is 1.02. The zero-order valence-corrected chi connectivity index (χ0v) is 24.9. The molecule has 3 heterocycles. The molecule has 1 aromatic carbocycles. The lowest BCUT2D eigenvalue weighted by Crippen LogP contribution is -2.52. The molecule has 0 spiro atoms. The fraction of sp³-hybridized carbons (Fsp3) is 0.370. The van der Waals surface area contributed by atoms with E-state index < -0.39 is 72.1 Å². The normalized spacial score (nSPS) is 20.2. The highest BCUT2D eigenvalue weighted by Gasteiger charge is 2.52. The summed E-state index contributed by atoms with van der Waals surface area (Å²) < 4.78 is 28.6. The van der Waals surface area contributed by atoms with Crippen LogP contribution in [0.15, 0.2) is 46.0 Å². The van der Waals surface area contributed by atoms with Gasteiger partial charge in [-0.05, 0) is 17.7 Å². The molecule has 5 N–H and O–H groups in total. The minimum Gasteiger partial charge on any atom is -0.481 e. The molecule has 3 unspecified atom stereocenters. The third-order valence-electron chi connectivity index (χ3n) is 6.92. The van der Waals surface area contributed by atoms with Crippen molar-refractivity contribution < 1.29 is 57.9 Å². The van der Waals surface area contributed by atoms with E-state index in [4.69, 9.17) is 21.1 Å². The first-order valence-corrected chi connectivity index (χ1v) is 14.4. The van der Waals surface area contributed by atoms with Crippen LogP contribution in [-0.2, 0) is 38.2 Å². The Morgan fingerprint density at radius 1 is 1.27 bits per heavy atom. The second-order valence-corrected chi connectivity index (χ2v) is 11.1. The summed E-state index contributed by atoms with van der Waals surface area (Å²) in [4.78, 5) is 71.5. The van der Waals surface area contributed by atoms with Crippen LogP contribution < -0.4 is 10.6 Å². The molecule has 1 fully saturated rings. The number of aliphatic carboxylic acids is 2. The number of morpholine rings is 1. The van der Waals surface area contributed by atoms with Gasteiger partial charge in [0.05, 0.1) is 44.1 Å². The van der Waals surface area contributed by atoms with Crippen molar-refractivity contribution in [2.75, 3.05) is 26.9 Å². The average molecular weight is 669 g/mol. The minimum absolute atomic E-state index is 0.00764. The highest BCUT2D eigenvalue weighted by molar-refractivity contribution is 7.11. The van der Waals surface area contributed by atoms with Gasteiger partial charge in [-0.15, -0.1) is 11.3 Å². The average Bonchev–Trinajstić information content (AvgIpc) is 3.54. The van der Waals surface area contributed by atoms with Gasteiger partial charge < -0.3 is 40.2 Å². The molecule has 0 bridgehead atoms. The van der Waals surface area contributed by atoms with E-state index in [2.05, 4.69) is 25.3 Å². The van der Waals surface area contributed by atoms with Crippen molar-refractivity contribution in [1.29, 1.82) is 0 Å². The molecule has 0 saturated carbocycles. The Labute approximate surface area is 262 Å². The van der Waals surface area contributed by atoms with E-state index in [0.717, 1.165) is 30.6 Å². The van der Waals surface area contributed by atoms with E-state index in [1.165, 1.54) is 12.3 Å². The number of halogens is 2. The van der Waals surface area contributed by atoms with E-state index >= 15 is 0 Å². The number of esters is 3. The van der Waals surface area contributed by atoms with Crippen molar-refractivity contribution >= 4 is 58.6 Å². The zero-order chi connectivity index (χ0) is 32.9. The monoisotopic (exact) mass is 668 g/mol. The Bertz CT molecular complexity index is 1560. The number of nitrogens with one attached hydrogen (secondary N) is 2. The van der Waals surface area contributed by atoms with E-state index in [1.807, 2.05) is 0 Å². The molecule has 240 valence electrons. The largest absolute Gasteiger partial charge is 0.481 e. The molecule has 1 saturated heterocycles. The van der Waals surface area contributed by atoms with Gasteiger partial charge >= 0.3 is 29.8 Å². The molecular formula is C27H26ClFN4O11S. The number of allylic oxidation sites excluding steroid dienone is 1. The number of carbonyl (C=O) groups is 5. The van der Waals surface area contributed by atoms with E-state index in [0.29, 0.717) is 6.61 Å². The molecule has 2 aliphatic rings. The van der Waals surface area contributed by atoms with Crippen molar-refractivity contribution in [2.24, 2.45) is 10.9 Å². The first-order chi connectivity index (χ1) is 21.3. The summed E-state index contributed by atoms with van der Waals surface area (Å²) in [6.45, 7) is 0.440. The van der Waals surface area contributed by atoms with E-state index in [-0.39, 0.29) is 45.9 Å². The number of carboxylic acid groups (broad SMARTS) is 2. The number of nitrogens with zero attached hydrogens (tertiary/aromatic N) is 2. The molecule has 2 aliphatic heterocycles. The Balaban J connectivity index is 1.77. The van der Waals surface area contributed by atoms with Gasteiger partial charge in [-0.3, -0.25) is 9.59 Å². The number of hydrogen-bond donors (Lipinski definition) is 5. The fourth-order valence-electron chi connectivity index (χ4n) is 4.68. The van der Waals surface area contributed by atoms with E-state index in [1.54, 1.807) is 5.38 Å². The maximum atomic E-state index is 13.9. The molecular weight excluding hydrogens is 643 g/mol. The van der Waals surface area contributed by atoms with Crippen molar-refractivity contribution in [1.82, 2.24) is 15.6 Å². The van der Waals surface area contributed by atoms with Crippen molar-refractivity contribution in [3.63, 3.8) is 0 Å². The number of methoxy groups -OCH3 is 1. The van der Waals surface area contributed by atoms with Gasteiger partial charge in [0.15, 0.2) is 16.4 Å². The number of carboxylic acids is 2. The number of benzene rings is 1. The summed E-state index contributed by atoms with van der Waals surface area (Å²) in [5.74, 6) is -10.7. The second kappa shape index (κ2) is 14.2. The molecule has 15 nitrogen and oxygen atoms in total. The number of thiazole rings is 1. The number of carbonyl (C=O) groups excluding carboxylic acids is 3. The predicted octanol–water partition coefficient (Wildman–Crippen LogP) is 0.809. The molecule has 1 aromatic heterocycles. The van der Waals surface area contributed by atoms with Crippen LogP contribution in [0.3, 0.4) is 0 Å². The Morgan fingerprint density at radius 2 is 2.02 bits per heavy atom. The Hall–Kier alpha value is -4.29. The van der Waals surface area contributed by atoms with Crippen LogP contribution in [0.5, 0.6) is 0 Å². The molecule has 0 amide bonds. The number of hydrogen-bond acceptors (Lipinski definition) is 14. The molecule has 45 heavy (non-hydrogen) atoms. The highest BCUT2D eigenvalue weighted by atomic mass is 35.5. The van der Waals surface area contributed by atoms with Crippen LogP contribution in [0.4, 0.5) is 4.39 Å². The van der Waals surface area contributed by atoms with Crippen LogP contribution in [0.1, 0.15) is 29.5 Å². The molecule has 18 heteroatoms. The number of aromatic nitrogens is 1. The molecule has 0 radical (unpaired) electrons. The first kappa shape index (κ1) is 33.6. The van der Waals surface area contributed by atoms with Gasteiger partial charge in [0, 0.05) is 29.6 Å². The number of rotatable bonds is 11. The number of aliphatic hydroxyl groups is 1. The van der Waals surface area contributed by atoms with Crippen LogP contribution >= 0.6 is 22.9 Å². The quantitative estimate of drug-likeness (QED) is 0.165. The van der Waals surface area contributed by atoms with Crippen molar-refractivity contribution in [3.05, 3.63) is 62.5 Å². The molecule has 4 atom stereocenters. The number of amidine groups is 1. The lowest BCUT2D eigenvalue weighted by molar-refractivity contribution is -0.182. The van der Waals surface area contributed by atoms with Gasteiger partial charge in [-0.2, -0.15) is 0 Å². The minimum atomic E-state index is -3.36. The van der Waals surface area contributed by atoms with Gasteiger partial charge in [0.1, 0.15) is 17.8 Å². The van der Waals surface area contributed by atoms with Crippen molar-refractivity contribution in [2.45, 2.75) is 30.5 Å². The molecule has 2 aromatic rings. The van der Waals surface area contributed by atoms with Crippen LogP contribution in [0, 0.1) is 11.7 Å². The van der Waals surface area contributed by atoms with Crippen molar-refractivity contribution in [3.8, 4) is 0 Å². The van der Waals surface area contributed by atoms with Gasteiger partial charge in [0.2, 0.25) is 0 Å². The smallest absolute Gasteiger partial charge is 0.338 e. The Kier molecular flexibility index (Phi) is 10.6. The number of ether oxygens (including phenoxy) is 3. The lowest BCUT2D eigenvalue weighted by atomic mass is 9.80. The second-order valence-electron chi connectivity index (χ2n) is 9.77. The fourth-order valence-corrected chi connectivity index (χ4v) is 5.55. The molecule has 4 rings (SSSR count).